The molecule has 0 radical (unpaired) electrons. The number of imidazole rings is 2. The monoisotopic (exact) mass is 1030 g/mol. The average molecular weight is 1030 g/mol. The predicted molar refractivity (Wildman–Crippen MR) is 330 cm³/mol. The van der Waals surface area contributed by atoms with Crippen LogP contribution in [0.25, 0.3) is 133 Å². The minimum atomic E-state index is 0.921. The first-order valence-corrected chi connectivity index (χ1v) is 27.3. The fourth-order valence-corrected chi connectivity index (χ4v) is 11.9. The van der Waals surface area contributed by atoms with Crippen LogP contribution in [0.3, 0.4) is 0 Å². The third kappa shape index (κ3) is 8.34. The fourth-order valence-electron chi connectivity index (χ4n) is 11.9. The van der Waals surface area contributed by atoms with Gasteiger partial charge in [0.25, 0.3) is 0 Å². The molecule has 0 unspecified atom stereocenters. The number of benzene rings is 9. The van der Waals surface area contributed by atoms with Crippen molar-refractivity contribution in [2.75, 3.05) is 0 Å². The summed E-state index contributed by atoms with van der Waals surface area (Å²) in [5.41, 5.74) is 28.1. The molecular formula is C73H55N7. The molecular weight excluding hydrogens is 975 g/mol. The van der Waals surface area contributed by atoms with Crippen LogP contribution in [0.15, 0.2) is 225 Å². The maximum Gasteiger partial charge on any atom is 0.148 e. The summed E-state index contributed by atoms with van der Waals surface area (Å²) in [4.78, 5) is 25.2. The molecule has 0 aliphatic carbocycles. The van der Waals surface area contributed by atoms with Gasteiger partial charge in [-0.1, -0.05) is 164 Å². The highest BCUT2D eigenvalue weighted by atomic mass is 15.1. The van der Waals surface area contributed by atoms with Crippen molar-refractivity contribution in [1.82, 2.24) is 33.7 Å². The average Bonchev–Trinajstić information content (AvgIpc) is 4.21. The van der Waals surface area contributed by atoms with E-state index in [2.05, 4.69) is 269 Å². The molecule has 382 valence electrons. The van der Waals surface area contributed by atoms with Gasteiger partial charge in [0.15, 0.2) is 0 Å². The van der Waals surface area contributed by atoms with Crippen molar-refractivity contribution in [3.63, 3.8) is 0 Å². The lowest BCUT2D eigenvalue weighted by molar-refractivity contribution is 0.972. The maximum atomic E-state index is 5.16. The van der Waals surface area contributed by atoms with Gasteiger partial charge < -0.3 is 0 Å². The van der Waals surface area contributed by atoms with Crippen LogP contribution in [-0.2, 0) is 0 Å². The van der Waals surface area contributed by atoms with Crippen molar-refractivity contribution >= 4 is 33.1 Å². The van der Waals surface area contributed by atoms with E-state index in [1.807, 2.05) is 6.20 Å². The summed E-state index contributed by atoms with van der Waals surface area (Å²) in [5.74, 6) is 1.84. The van der Waals surface area contributed by atoms with E-state index in [1.54, 1.807) is 0 Å². The number of pyridine rings is 1. The van der Waals surface area contributed by atoms with Crippen LogP contribution >= 0.6 is 0 Å². The molecule has 0 amide bonds. The molecule has 0 spiro atoms. The number of fused-ring (bicyclic) bond motifs is 6. The van der Waals surface area contributed by atoms with Crippen molar-refractivity contribution in [3.05, 3.63) is 259 Å². The van der Waals surface area contributed by atoms with Crippen molar-refractivity contribution in [3.8, 4) is 100 Å². The highest BCUT2D eigenvalue weighted by Crippen LogP contribution is 2.44. The standard InChI is InChI=1S/C73H55N7/c1-44-46(3)79-48(5)77-70-42-56(32-34-67(70)72(79)75-44)62-19-11-14-22-65(62)59-38-58(39-60(40-59)66-23-15-12-20-63(66)57-33-35-68-71(43-57)78-49(6)80-47(4)45(2)76-73(68)80)64-21-13-10-18-61(64)53-28-30-54(31-29-53)69-41-55(36-37-74-69)52-26-24-51(25-27-52)50-16-8-7-9-17-50/h7-43H,1-6H3. The normalized spacial score (nSPS) is 11.6. The zero-order chi connectivity index (χ0) is 54.2. The van der Waals surface area contributed by atoms with E-state index in [-0.39, 0.29) is 0 Å². The Morgan fingerprint density at radius 1 is 0.275 bits per heavy atom. The first kappa shape index (κ1) is 48.3. The van der Waals surface area contributed by atoms with Gasteiger partial charge >= 0.3 is 0 Å². The Morgan fingerprint density at radius 2 is 0.637 bits per heavy atom. The van der Waals surface area contributed by atoms with E-state index < -0.39 is 0 Å². The lowest BCUT2D eigenvalue weighted by atomic mass is 9.86. The molecule has 5 heterocycles. The fraction of sp³-hybridized carbons (Fsp3) is 0.0822. The van der Waals surface area contributed by atoms with Crippen LogP contribution in [0.4, 0.5) is 0 Å². The quantitative estimate of drug-likeness (QED) is 0.144. The van der Waals surface area contributed by atoms with E-state index in [4.69, 9.17) is 24.9 Å². The summed E-state index contributed by atoms with van der Waals surface area (Å²) >= 11 is 0. The van der Waals surface area contributed by atoms with Gasteiger partial charge in [-0.15, -0.1) is 0 Å². The third-order valence-corrected chi connectivity index (χ3v) is 16.2. The molecule has 9 aromatic carbocycles. The third-order valence-electron chi connectivity index (χ3n) is 16.2. The van der Waals surface area contributed by atoms with E-state index in [1.165, 1.54) is 11.1 Å². The zero-order valence-electron chi connectivity index (χ0n) is 45.5. The van der Waals surface area contributed by atoms with Crippen LogP contribution < -0.4 is 0 Å². The number of aryl methyl sites for hydroxylation is 6. The summed E-state index contributed by atoms with van der Waals surface area (Å²) in [6.07, 6.45) is 1.91. The Hall–Kier alpha value is -10.1. The zero-order valence-corrected chi connectivity index (χ0v) is 45.5. The van der Waals surface area contributed by atoms with E-state index >= 15 is 0 Å². The molecule has 7 nitrogen and oxygen atoms in total. The van der Waals surface area contributed by atoms with Gasteiger partial charge in [-0.2, -0.15) is 0 Å². The molecule has 14 rings (SSSR count). The molecule has 7 heteroatoms. The Balaban J connectivity index is 0.889. The van der Waals surface area contributed by atoms with E-state index in [9.17, 15) is 0 Å². The molecule has 80 heavy (non-hydrogen) atoms. The summed E-state index contributed by atoms with van der Waals surface area (Å²) in [6, 6.07) is 79.1. The van der Waals surface area contributed by atoms with Gasteiger partial charge in [0.1, 0.15) is 22.9 Å². The Bertz CT molecular complexity index is 4560. The van der Waals surface area contributed by atoms with Gasteiger partial charge in [0.2, 0.25) is 0 Å². The number of nitrogens with zero attached hydrogens (tertiary/aromatic N) is 7. The second kappa shape index (κ2) is 19.4. The predicted octanol–water partition coefficient (Wildman–Crippen LogP) is 18.3. The topological polar surface area (TPSA) is 73.3 Å². The summed E-state index contributed by atoms with van der Waals surface area (Å²) in [6.45, 7) is 12.5. The summed E-state index contributed by atoms with van der Waals surface area (Å²) < 4.78 is 4.34. The second-order valence-electron chi connectivity index (χ2n) is 21.1. The van der Waals surface area contributed by atoms with E-state index in [0.717, 1.165) is 157 Å². The van der Waals surface area contributed by atoms with Crippen molar-refractivity contribution in [2.45, 2.75) is 41.5 Å². The molecule has 0 bridgehead atoms. The van der Waals surface area contributed by atoms with E-state index in [0.29, 0.717) is 0 Å². The highest BCUT2D eigenvalue weighted by Gasteiger charge is 2.20. The molecule has 0 N–H and O–H groups in total. The molecule has 0 saturated carbocycles. The minimum absolute atomic E-state index is 0.921. The number of aromatic nitrogens is 7. The van der Waals surface area contributed by atoms with Gasteiger partial charge in [-0.05, 0) is 185 Å². The van der Waals surface area contributed by atoms with Crippen molar-refractivity contribution < 1.29 is 0 Å². The van der Waals surface area contributed by atoms with Gasteiger partial charge in [-0.3, -0.25) is 13.8 Å². The highest BCUT2D eigenvalue weighted by molar-refractivity contribution is 6.00. The lowest BCUT2D eigenvalue weighted by Crippen LogP contribution is -1.99. The smallest absolute Gasteiger partial charge is 0.148 e. The van der Waals surface area contributed by atoms with Gasteiger partial charge in [0, 0.05) is 33.9 Å². The van der Waals surface area contributed by atoms with Gasteiger partial charge in [0.05, 0.1) is 28.1 Å². The molecule has 0 atom stereocenters. The molecule has 0 fully saturated rings. The molecule has 5 aromatic heterocycles. The Labute approximate surface area is 465 Å². The Kier molecular flexibility index (Phi) is 11.7. The summed E-state index contributed by atoms with van der Waals surface area (Å²) in [7, 11) is 0. The maximum absolute atomic E-state index is 5.16. The number of rotatable bonds is 9. The number of hydrogen-bond donors (Lipinski definition) is 0. The van der Waals surface area contributed by atoms with Crippen LogP contribution in [0.2, 0.25) is 0 Å². The minimum Gasteiger partial charge on any atom is -0.284 e. The SMILES string of the molecule is Cc1nc2c3ccc(-c4ccccc4-c4cc(-c5ccccc5-c5ccc(-c6cc(-c7ccc(-c8ccccc8)cc7)ccn6)cc5)cc(-c5ccccc5-c5ccc6c(c5)nc(C)n5c(C)c(C)nc65)c4)cc3nc(C)n2c1C. The molecule has 14 aromatic rings. The van der Waals surface area contributed by atoms with Crippen LogP contribution in [0.5, 0.6) is 0 Å². The lowest BCUT2D eigenvalue weighted by Gasteiger charge is -2.18. The van der Waals surface area contributed by atoms with Crippen molar-refractivity contribution in [1.29, 1.82) is 0 Å². The van der Waals surface area contributed by atoms with Crippen LogP contribution in [-0.4, -0.2) is 33.7 Å². The number of hydrogen-bond acceptors (Lipinski definition) is 5. The Morgan fingerprint density at radius 3 is 1.10 bits per heavy atom. The van der Waals surface area contributed by atoms with Crippen molar-refractivity contribution in [2.24, 2.45) is 0 Å². The molecule has 0 aliphatic rings. The largest absolute Gasteiger partial charge is 0.284 e. The summed E-state index contributed by atoms with van der Waals surface area (Å²) in [5, 5.41) is 2.07. The first-order valence-electron chi connectivity index (χ1n) is 27.3. The van der Waals surface area contributed by atoms with Gasteiger partial charge in [-0.25, -0.2) is 19.9 Å². The second-order valence-corrected chi connectivity index (χ2v) is 21.1. The van der Waals surface area contributed by atoms with Crippen LogP contribution in [0, 0.1) is 41.5 Å². The first-order chi connectivity index (χ1) is 39.1. The molecule has 0 saturated heterocycles. The molecule has 0 aliphatic heterocycles. The van der Waals surface area contributed by atoms with Crippen LogP contribution in [0.1, 0.15) is 34.4 Å².